The van der Waals surface area contributed by atoms with Gasteiger partial charge < -0.3 is 5.32 Å². The summed E-state index contributed by atoms with van der Waals surface area (Å²) < 4.78 is 0. The van der Waals surface area contributed by atoms with E-state index in [0.29, 0.717) is 0 Å². The van der Waals surface area contributed by atoms with Crippen molar-refractivity contribution in [1.82, 2.24) is 15.2 Å². The smallest absolute Gasteiger partial charge is 0.151 e. The number of nitrogens with one attached hydrogen (secondary N) is 1. The first-order chi connectivity index (χ1) is 8.63. The van der Waals surface area contributed by atoms with Crippen molar-refractivity contribution in [2.24, 2.45) is 0 Å². The van der Waals surface area contributed by atoms with Crippen molar-refractivity contribution in [3.05, 3.63) is 35.2 Å². The molecule has 0 bridgehead atoms. The van der Waals surface area contributed by atoms with Crippen molar-refractivity contribution >= 4 is 5.82 Å². The lowest BCUT2D eigenvalue weighted by Crippen LogP contribution is -2.06. The zero-order valence-electron chi connectivity index (χ0n) is 11.3. The van der Waals surface area contributed by atoms with Gasteiger partial charge in [0.15, 0.2) is 5.82 Å². The van der Waals surface area contributed by atoms with Crippen LogP contribution in [0.15, 0.2) is 18.5 Å². The van der Waals surface area contributed by atoms with Gasteiger partial charge in [-0.3, -0.25) is 4.98 Å². The lowest BCUT2D eigenvalue weighted by atomic mass is 10.0. The maximum absolute atomic E-state index is 4.32. The van der Waals surface area contributed by atoms with Crippen molar-refractivity contribution in [2.75, 3.05) is 11.9 Å². The van der Waals surface area contributed by atoms with E-state index in [2.05, 4.69) is 47.3 Å². The zero-order chi connectivity index (χ0) is 13.1. The number of pyridine rings is 1. The van der Waals surface area contributed by atoms with Gasteiger partial charge in [-0.05, 0) is 50.5 Å². The lowest BCUT2D eigenvalue weighted by Gasteiger charge is -2.11. The van der Waals surface area contributed by atoms with E-state index in [1.807, 2.05) is 19.3 Å². The summed E-state index contributed by atoms with van der Waals surface area (Å²) in [6.45, 7) is 9.06. The summed E-state index contributed by atoms with van der Waals surface area (Å²) in [6, 6.07) is 2.08. The minimum atomic E-state index is 0.848. The molecule has 0 radical (unpaired) electrons. The van der Waals surface area contributed by atoms with E-state index < -0.39 is 0 Å². The molecule has 0 aliphatic carbocycles. The zero-order valence-corrected chi connectivity index (χ0v) is 11.3. The Hall–Kier alpha value is -1.97. The van der Waals surface area contributed by atoms with Gasteiger partial charge in [0.25, 0.3) is 0 Å². The third-order valence-electron chi connectivity index (χ3n) is 3.02. The normalized spacial score (nSPS) is 10.4. The molecule has 0 atom stereocenters. The Balaban J connectivity index is 2.50. The second kappa shape index (κ2) is 5.12. The average Bonchev–Trinajstić information content (AvgIpc) is 2.35. The Morgan fingerprint density at radius 3 is 2.50 bits per heavy atom. The van der Waals surface area contributed by atoms with Crippen molar-refractivity contribution in [1.29, 1.82) is 0 Å². The highest BCUT2D eigenvalue weighted by Gasteiger charge is 2.11. The fourth-order valence-electron chi connectivity index (χ4n) is 1.90. The van der Waals surface area contributed by atoms with Crippen LogP contribution in [0.5, 0.6) is 0 Å². The summed E-state index contributed by atoms with van der Waals surface area (Å²) in [5.41, 5.74) is 5.34. The third-order valence-corrected chi connectivity index (χ3v) is 3.02. The van der Waals surface area contributed by atoms with E-state index in [1.165, 1.54) is 0 Å². The Morgan fingerprint density at radius 1 is 1.06 bits per heavy atom. The Kier molecular flexibility index (Phi) is 3.55. The quantitative estimate of drug-likeness (QED) is 0.899. The molecule has 2 aromatic heterocycles. The van der Waals surface area contributed by atoms with Crippen molar-refractivity contribution in [2.45, 2.75) is 27.7 Å². The number of anilines is 1. The van der Waals surface area contributed by atoms with E-state index >= 15 is 0 Å². The van der Waals surface area contributed by atoms with Gasteiger partial charge >= 0.3 is 0 Å². The summed E-state index contributed by atoms with van der Waals surface area (Å²) in [7, 11) is 0. The van der Waals surface area contributed by atoms with Crippen LogP contribution in [-0.2, 0) is 0 Å². The molecule has 0 aromatic carbocycles. The van der Waals surface area contributed by atoms with Crippen molar-refractivity contribution in [3.8, 4) is 11.3 Å². The van der Waals surface area contributed by atoms with Gasteiger partial charge in [-0.15, -0.1) is 10.2 Å². The molecule has 4 heteroatoms. The molecule has 0 amide bonds. The predicted molar refractivity (Wildman–Crippen MR) is 73.6 cm³/mol. The molecule has 18 heavy (non-hydrogen) atoms. The third kappa shape index (κ3) is 2.32. The Bertz CT molecular complexity index is 564. The highest BCUT2D eigenvalue weighted by Crippen LogP contribution is 2.25. The van der Waals surface area contributed by atoms with Gasteiger partial charge in [0.05, 0.1) is 5.69 Å². The standard InChI is InChI=1S/C14H18N4/c1-5-16-14-11(4)10(3)13(17-18-14)12-6-9(2)7-15-8-12/h6-8H,5H2,1-4H3,(H,16,18). The van der Waals surface area contributed by atoms with Gasteiger partial charge in [0.2, 0.25) is 0 Å². The number of hydrogen-bond acceptors (Lipinski definition) is 4. The highest BCUT2D eigenvalue weighted by atomic mass is 15.2. The molecule has 0 unspecified atom stereocenters. The molecule has 2 aromatic rings. The summed E-state index contributed by atoms with van der Waals surface area (Å²) in [4.78, 5) is 4.21. The summed E-state index contributed by atoms with van der Waals surface area (Å²) in [5, 5.41) is 11.8. The van der Waals surface area contributed by atoms with Crippen LogP contribution >= 0.6 is 0 Å². The van der Waals surface area contributed by atoms with E-state index in [4.69, 9.17) is 0 Å². The van der Waals surface area contributed by atoms with Crippen LogP contribution < -0.4 is 5.32 Å². The average molecular weight is 242 g/mol. The molecule has 0 saturated heterocycles. The Labute approximate surface area is 107 Å². The van der Waals surface area contributed by atoms with Crippen LogP contribution in [0.2, 0.25) is 0 Å². The Morgan fingerprint density at radius 2 is 1.83 bits per heavy atom. The molecule has 94 valence electrons. The van der Waals surface area contributed by atoms with Gasteiger partial charge in [-0.25, -0.2) is 0 Å². The first-order valence-corrected chi connectivity index (χ1v) is 6.13. The van der Waals surface area contributed by atoms with Gasteiger partial charge in [0.1, 0.15) is 0 Å². The number of aromatic nitrogens is 3. The molecule has 1 N–H and O–H groups in total. The largest absolute Gasteiger partial charge is 0.369 e. The molecule has 0 spiro atoms. The number of nitrogens with zero attached hydrogens (tertiary/aromatic N) is 3. The summed E-state index contributed by atoms with van der Waals surface area (Å²) >= 11 is 0. The molecular weight excluding hydrogens is 224 g/mol. The monoisotopic (exact) mass is 242 g/mol. The van der Waals surface area contributed by atoms with E-state index in [-0.39, 0.29) is 0 Å². The van der Waals surface area contributed by atoms with Gasteiger partial charge in [-0.1, -0.05) is 0 Å². The van der Waals surface area contributed by atoms with E-state index in [0.717, 1.165) is 40.3 Å². The topological polar surface area (TPSA) is 50.7 Å². The summed E-state index contributed by atoms with van der Waals surface area (Å²) in [6.07, 6.45) is 3.67. The SMILES string of the molecule is CCNc1nnc(-c2cncc(C)c2)c(C)c1C. The molecule has 0 aliphatic heterocycles. The fraction of sp³-hybridized carbons (Fsp3) is 0.357. The molecular formula is C14H18N4. The first kappa shape index (κ1) is 12.5. The fourth-order valence-corrected chi connectivity index (χ4v) is 1.90. The number of rotatable bonds is 3. The highest BCUT2D eigenvalue weighted by molar-refractivity contribution is 5.66. The minimum absolute atomic E-state index is 0.848. The van der Waals surface area contributed by atoms with Crippen LogP contribution in [-0.4, -0.2) is 21.7 Å². The minimum Gasteiger partial charge on any atom is -0.369 e. The molecule has 4 nitrogen and oxygen atoms in total. The van der Waals surface area contributed by atoms with Gasteiger partial charge in [0, 0.05) is 24.5 Å². The molecule has 2 heterocycles. The van der Waals surface area contributed by atoms with Crippen LogP contribution in [0, 0.1) is 20.8 Å². The summed E-state index contributed by atoms with van der Waals surface area (Å²) in [5.74, 6) is 0.861. The second-order valence-corrected chi connectivity index (χ2v) is 4.43. The van der Waals surface area contributed by atoms with E-state index in [1.54, 1.807) is 0 Å². The predicted octanol–water partition coefficient (Wildman–Crippen LogP) is 2.90. The van der Waals surface area contributed by atoms with Crippen LogP contribution in [0.1, 0.15) is 23.6 Å². The molecule has 0 saturated carbocycles. The van der Waals surface area contributed by atoms with Crippen LogP contribution in [0.3, 0.4) is 0 Å². The molecule has 0 aliphatic rings. The van der Waals surface area contributed by atoms with E-state index in [9.17, 15) is 0 Å². The molecule has 0 fully saturated rings. The van der Waals surface area contributed by atoms with Crippen molar-refractivity contribution < 1.29 is 0 Å². The lowest BCUT2D eigenvalue weighted by molar-refractivity contribution is 0.985. The number of hydrogen-bond donors (Lipinski definition) is 1. The van der Waals surface area contributed by atoms with Crippen LogP contribution in [0.25, 0.3) is 11.3 Å². The maximum atomic E-state index is 4.32. The molecule has 2 rings (SSSR count). The van der Waals surface area contributed by atoms with Gasteiger partial charge in [-0.2, -0.15) is 0 Å². The van der Waals surface area contributed by atoms with Crippen molar-refractivity contribution in [3.63, 3.8) is 0 Å². The second-order valence-electron chi connectivity index (χ2n) is 4.43. The number of aryl methyl sites for hydroxylation is 1. The van der Waals surface area contributed by atoms with Crippen LogP contribution in [0.4, 0.5) is 5.82 Å². The maximum Gasteiger partial charge on any atom is 0.151 e. The first-order valence-electron chi connectivity index (χ1n) is 6.13.